The van der Waals surface area contributed by atoms with Gasteiger partial charge in [0.05, 0.1) is 0 Å². The van der Waals surface area contributed by atoms with Crippen molar-refractivity contribution < 1.29 is 27.4 Å². The second-order valence-corrected chi connectivity index (χ2v) is 6.71. The first kappa shape index (κ1) is 16.3. The average molecular weight is 355 g/mol. The Balaban J connectivity index is 2.16. The Morgan fingerprint density at radius 1 is 1.38 bits per heavy atom. The van der Waals surface area contributed by atoms with Gasteiger partial charge in [-0.2, -0.15) is 8.42 Å². The van der Waals surface area contributed by atoms with Crippen molar-refractivity contribution in [2.75, 3.05) is 24.0 Å². The highest BCUT2D eigenvalue weighted by atomic mass is 32.2. The van der Waals surface area contributed by atoms with Crippen molar-refractivity contribution >= 4 is 32.6 Å². The quantitative estimate of drug-likeness (QED) is 0.720. The van der Waals surface area contributed by atoms with Crippen LogP contribution in [0.3, 0.4) is 0 Å². The molecule has 1 heterocycles. The summed E-state index contributed by atoms with van der Waals surface area (Å²) in [5, 5.41) is 10.4. The predicted octanol–water partition coefficient (Wildman–Crippen LogP) is 0.203. The zero-order chi connectivity index (χ0) is 17.5. The lowest BCUT2D eigenvalue weighted by Gasteiger charge is -2.18. The molecule has 1 aliphatic heterocycles. The Kier molecular flexibility index (Phi) is 3.93. The number of rotatable bonds is 4. The fraction of sp³-hybridized carbons (Fsp3) is 0.214. The molecule has 0 spiro atoms. The highest BCUT2D eigenvalue weighted by molar-refractivity contribution is 7.92. The second-order valence-electron chi connectivity index (χ2n) is 5.12. The first-order valence-corrected chi connectivity index (χ1v) is 8.39. The number of amides is 1. The molecule has 2 aromatic carbocycles. The topological polar surface area (TPSA) is 122 Å². The SMILES string of the molecule is NCCOc1ccc2cc(O)c(N3CC(=O)NS3(=O)=O)c(F)c2c1. The number of carbonyl (C=O) groups is 1. The van der Waals surface area contributed by atoms with Crippen molar-refractivity contribution in [3.63, 3.8) is 0 Å². The summed E-state index contributed by atoms with van der Waals surface area (Å²) in [4.78, 5) is 11.3. The van der Waals surface area contributed by atoms with Gasteiger partial charge in [0.2, 0.25) is 0 Å². The molecule has 1 saturated heterocycles. The number of phenolic OH excluding ortho intramolecular Hbond substituents is 1. The molecule has 0 bridgehead atoms. The number of nitrogens with zero attached hydrogens (tertiary/aromatic N) is 1. The van der Waals surface area contributed by atoms with E-state index in [1.54, 1.807) is 10.8 Å². The van der Waals surface area contributed by atoms with Gasteiger partial charge in [-0.25, -0.2) is 13.4 Å². The van der Waals surface area contributed by atoms with E-state index in [0.717, 1.165) is 0 Å². The van der Waals surface area contributed by atoms with Crippen LogP contribution in [0.4, 0.5) is 10.1 Å². The van der Waals surface area contributed by atoms with E-state index >= 15 is 0 Å². The lowest BCUT2D eigenvalue weighted by molar-refractivity contribution is -0.117. The maximum absolute atomic E-state index is 14.9. The van der Waals surface area contributed by atoms with Crippen molar-refractivity contribution in [3.8, 4) is 11.5 Å². The van der Waals surface area contributed by atoms with E-state index in [1.807, 2.05) is 0 Å². The number of aromatic hydroxyl groups is 1. The van der Waals surface area contributed by atoms with Crippen LogP contribution in [0.25, 0.3) is 10.8 Å². The van der Waals surface area contributed by atoms with Crippen molar-refractivity contribution in [1.82, 2.24) is 4.72 Å². The Morgan fingerprint density at radius 2 is 2.12 bits per heavy atom. The second kappa shape index (κ2) is 5.80. The van der Waals surface area contributed by atoms with Crippen LogP contribution in [-0.2, 0) is 15.0 Å². The number of nitrogens with two attached hydrogens (primary N) is 1. The minimum atomic E-state index is -4.24. The van der Waals surface area contributed by atoms with Crippen LogP contribution in [0.5, 0.6) is 11.5 Å². The van der Waals surface area contributed by atoms with Crippen LogP contribution < -0.4 is 19.5 Å². The molecule has 24 heavy (non-hydrogen) atoms. The number of halogens is 1. The predicted molar refractivity (Wildman–Crippen MR) is 84.5 cm³/mol. The lowest BCUT2D eigenvalue weighted by Crippen LogP contribution is -2.30. The minimum Gasteiger partial charge on any atom is -0.506 e. The molecule has 4 N–H and O–H groups in total. The Bertz CT molecular complexity index is 932. The molecule has 1 fully saturated rings. The molecule has 10 heteroatoms. The van der Waals surface area contributed by atoms with Crippen LogP contribution in [0.2, 0.25) is 0 Å². The molecule has 0 atom stereocenters. The summed E-state index contributed by atoms with van der Waals surface area (Å²) in [7, 11) is -4.24. The van der Waals surface area contributed by atoms with Crippen molar-refractivity contribution in [3.05, 3.63) is 30.1 Å². The number of phenols is 1. The molecule has 0 radical (unpaired) electrons. The third-order valence-corrected chi connectivity index (χ3v) is 4.84. The number of hydrogen-bond acceptors (Lipinski definition) is 6. The number of ether oxygens (including phenoxy) is 1. The van der Waals surface area contributed by atoms with Gasteiger partial charge in [-0.05, 0) is 23.6 Å². The smallest absolute Gasteiger partial charge is 0.326 e. The average Bonchev–Trinajstić information content (AvgIpc) is 2.78. The van der Waals surface area contributed by atoms with Gasteiger partial charge in [0.1, 0.15) is 30.3 Å². The van der Waals surface area contributed by atoms with E-state index < -0.39 is 39.9 Å². The summed E-state index contributed by atoms with van der Waals surface area (Å²) in [5.41, 5.74) is 4.76. The third kappa shape index (κ3) is 2.69. The molecule has 0 aliphatic carbocycles. The van der Waals surface area contributed by atoms with Gasteiger partial charge in [-0.3, -0.25) is 4.79 Å². The van der Waals surface area contributed by atoms with E-state index in [9.17, 15) is 22.7 Å². The van der Waals surface area contributed by atoms with Crippen LogP contribution in [0.1, 0.15) is 0 Å². The highest BCUT2D eigenvalue weighted by Gasteiger charge is 2.37. The van der Waals surface area contributed by atoms with Gasteiger partial charge < -0.3 is 15.6 Å². The zero-order valence-electron chi connectivity index (χ0n) is 12.3. The van der Waals surface area contributed by atoms with Gasteiger partial charge in [-0.15, -0.1) is 0 Å². The highest BCUT2D eigenvalue weighted by Crippen LogP contribution is 2.39. The Morgan fingerprint density at radius 3 is 2.75 bits per heavy atom. The van der Waals surface area contributed by atoms with Crippen LogP contribution in [-0.4, -0.2) is 39.1 Å². The maximum Gasteiger partial charge on any atom is 0.326 e. The van der Waals surface area contributed by atoms with E-state index in [0.29, 0.717) is 15.4 Å². The monoisotopic (exact) mass is 355 g/mol. The normalized spacial score (nSPS) is 16.4. The first-order chi connectivity index (χ1) is 11.3. The molecule has 0 aromatic heterocycles. The lowest BCUT2D eigenvalue weighted by atomic mass is 10.1. The number of benzene rings is 2. The number of anilines is 1. The molecule has 0 saturated carbocycles. The molecule has 2 aromatic rings. The summed E-state index contributed by atoms with van der Waals surface area (Å²) in [5.74, 6) is -2.02. The third-order valence-electron chi connectivity index (χ3n) is 3.46. The van der Waals surface area contributed by atoms with Crippen LogP contribution in [0, 0.1) is 5.82 Å². The summed E-state index contributed by atoms with van der Waals surface area (Å²) in [6, 6.07) is 5.70. The molecule has 0 unspecified atom stereocenters. The number of hydrogen-bond donors (Lipinski definition) is 3. The van der Waals surface area contributed by atoms with E-state index in [4.69, 9.17) is 10.5 Å². The molecule has 1 aliphatic rings. The Hall–Kier alpha value is -2.59. The standard InChI is InChI=1S/C14H14FN3O5S/c15-13-10-6-9(23-4-3-16)2-1-8(10)5-11(19)14(13)18-7-12(20)17-24(18,21)22/h1-2,5-6,19H,3-4,7,16H2,(H,17,20). The molecule has 128 valence electrons. The van der Waals surface area contributed by atoms with E-state index in [2.05, 4.69) is 0 Å². The van der Waals surface area contributed by atoms with Gasteiger partial charge in [0.25, 0.3) is 5.91 Å². The van der Waals surface area contributed by atoms with E-state index in [1.165, 1.54) is 18.2 Å². The minimum absolute atomic E-state index is 0.0480. The molecule has 8 nitrogen and oxygen atoms in total. The number of nitrogens with one attached hydrogen (secondary N) is 1. The summed E-state index contributed by atoms with van der Waals surface area (Å²) >= 11 is 0. The fourth-order valence-corrected chi connectivity index (χ4v) is 3.62. The largest absolute Gasteiger partial charge is 0.506 e. The number of fused-ring (bicyclic) bond motifs is 1. The van der Waals surface area contributed by atoms with E-state index in [-0.39, 0.29) is 18.5 Å². The zero-order valence-corrected chi connectivity index (χ0v) is 13.1. The first-order valence-electron chi connectivity index (χ1n) is 6.95. The van der Waals surface area contributed by atoms with Gasteiger partial charge in [-0.1, -0.05) is 6.07 Å². The van der Waals surface area contributed by atoms with Crippen molar-refractivity contribution in [2.45, 2.75) is 0 Å². The van der Waals surface area contributed by atoms with Crippen molar-refractivity contribution in [2.24, 2.45) is 5.73 Å². The Labute approximate surface area is 136 Å². The van der Waals surface area contributed by atoms with Gasteiger partial charge in [0.15, 0.2) is 5.82 Å². The van der Waals surface area contributed by atoms with Crippen LogP contribution >= 0.6 is 0 Å². The van der Waals surface area contributed by atoms with Gasteiger partial charge >= 0.3 is 10.2 Å². The summed E-state index contributed by atoms with van der Waals surface area (Å²) in [6.45, 7) is -0.0974. The molecule has 3 rings (SSSR count). The maximum atomic E-state index is 14.9. The van der Waals surface area contributed by atoms with Gasteiger partial charge in [0, 0.05) is 11.9 Å². The summed E-state index contributed by atoms with van der Waals surface area (Å²) < 4.78 is 46.2. The van der Waals surface area contributed by atoms with Crippen LogP contribution in [0.15, 0.2) is 24.3 Å². The molecular formula is C14H14FN3O5S. The molecular weight excluding hydrogens is 341 g/mol. The summed E-state index contributed by atoms with van der Waals surface area (Å²) in [6.07, 6.45) is 0. The fourth-order valence-electron chi connectivity index (χ4n) is 2.46. The molecule has 1 amide bonds. The number of carbonyl (C=O) groups excluding carboxylic acids is 1. The van der Waals surface area contributed by atoms with Crippen molar-refractivity contribution in [1.29, 1.82) is 0 Å².